The minimum Gasteiger partial charge on any atom is -0.454 e. The molecular weight excluding hydrogens is 426 g/mol. The van der Waals surface area contributed by atoms with Gasteiger partial charge in [0, 0.05) is 37.9 Å². The van der Waals surface area contributed by atoms with Crippen molar-refractivity contribution in [1.82, 2.24) is 15.2 Å². The van der Waals surface area contributed by atoms with Crippen molar-refractivity contribution in [2.24, 2.45) is 0 Å². The molecule has 0 radical (unpaired) electrons. The number of aromatic nitrogens is 1. The summed E-state index contributed by atoms with van der Waals surface area (Å²) in [7, 11) is 1.68. The van der Waals surface area contributed by atoms with E-state index in [0.717, 1.165) is 39.9 Å². The van der Waals surface area contributed by atoms with Crippen molar-refractivity contribution < 1.29 is 14.2 Å². The Labute approximate surface area is 192 Å². The Morgan fingerprint density at radius 3 is 2.84 bits per heavy atom. The molecule has 0 fully saturated rings. The number of thiocarbonyl (C=S) groups is 1. The first-order chi connectivity index (χ1) is 15.5. The first-order valence-electron chi connectivity index (χ1n) is 10.6. The van der Waals surface area contributed by atoms with Gasteiger partial charge in [-0.2, -0.15) is 0 Å². The van der Waals surface area contributed by atoms with E-state index in [1.54, 1.807) is 7.11 Å². The summed E-state index contributed by atoms with van der Waals surface area (Å²) in [5.41, 5.74) is 3.50. The van der Waals surface area contributed by atoms with E-state index in [9.17, 15) is 4.79 Å². The summed E-state index contributed by atoms with van der Waals surface area (Å²) in [6, 6.07) is 13.8. The molecule has 4 rings (SSSR count). The lowest BCUT2D eigenvalue weighted by atomic mass is 10.1. The molecule has 0 aliphatic carbocycles. The second-order valence-corrected chi connectivity index (χ2v) is 8.22. The molecule has 0 amide bonds. The van der Waals surface area contributed by atoms with Crippen LogP contribution in [0.3, 0.4) is 0 Å². The Hall–Kier alpha value is -3.10. The standard InChI is InChI=1S/C24H27N3O4S/c1-16-4-6-18-12-19(23(28)26-20(18)10-16)14-27(24(32)25-8-3-9-29-2)13-17-5-7-21-22(11-17)31-15-30-21/h4-7,10-12H,3,8-9,13-15H2,1-2H3,(H,25,32)(H,26,28). The maximum Gasteiger partial charge on any atom is 0.253 e. The van der Waals surface area contributed by atoms with Gasteiger partial charge in [0.05, 0.1) is 6.54 Å². The normalized spacial score (nSPS) is 12.2. The average Bonchev–Trinajstić information content (AvgIpc) is 3.24. The molecule has 1 aromatic heterocycles. The van der Waals surface area contributed by atoms with Crippen LogP contribution in [0.2, 0.25) is 0 Å². The first-order valence-corrected chi connectivity index (χ1v) is 11.0. The quantitative estimate of drug-likeness (QED) is 0.400. The SMILES string of the molecule is COCCCNC(=S)N(Cc1ccc2c(c1)OCO2)Cc1cc2ccc(C)cc2[nH]c1=O. The molecule has 8 heteroatoms. The molecule has 0 unspecified atom stereocenters. The van der Waals surface area contributed by atoms with Gasteiger partial charge >= 0.3 is 0 Å². The third-order valence-electron chi connectivity index (χ3n) is 5.34. The fourth-order valence-corrected chi connectivity index (χ4v) is 3.90. The van der Waals surface area contributed by atoms with Crippen molar-refractivity contribution in [2.75, 3.05) is 27.1 Å². The Bertz CT molecular complexity index is 1180. The fraction of sp³-hybridized carbons (Fsp3) is 0.333. The van der Waals surface area contributed by atoms with Crippen molar-refractivity contribution in [1.29, 1.82) is 0 Å². The van der Waals surface area contributed by atoms with Crippen LogP contribution >= 0.6 is 12.2 Å². The molecule has 0 atom stereocenters. The lowest BCUT2D eigenvalue weighted by molar-refractivity contribution is 0.174. The number of H-pyrrole nitrogens is 1. The maximum atomic E-state index is 12.8. The molecule has 0 saturated carbocycles. The van der Waals surface area contributed by atoms with Crippen molar-refractivity contribution >= 4 is 28.2 Å². The van der Waals surface area contributed by atoms with E-state index < -0.39 is 0 Å². The molecular formula is C24H27N3O4S. The molecule has 1 aliphatic rings. The van der Waals surface area contributed by atoms with Crippen molar-refractivity contribution in [2.45, 2.75) is 26.4 Å². The average molecular weight is 454 g/mol. The second-order valence-electron chi connectivity index (χ2n) is 7.84. The number of aromatic amines is 1. The molecule has 3 aromatic rings. The third-order valence-corrected chi connectivity index (χ3v) is 5.74. The van der Waals surface area contributed by atoms with Crippen LogP contribution in [0.1, 0.15) is 23.1 Å². The molecule has 0 saturated heterocycles. The van der Waals surface area contributed by atoms with E-state index in [2.05, 4.69) is 10.3 Å². The maximum absolute atomic E-state index is 12.8. The van der Waals surface area contributed by atoms with E-state index in [1.165, 1.54) is 0 Å². The topological polar surface area (TPSA) is 75.8 Å². The van der Waals surface area contributed by atoms with Gasteiger partial charge in [-0.15, -0.1) is 0 Å². The Morgan fingerprint density at radius 1 is 1.16 bits per heavy atom. The van der Waals surface area contributed by atoms with E-state index in [0.29, 0.717) is 36.9 Å². The largest absolute Gasteiger partial charge is 0.454 e. The number of pyridine rings is 1. The van der Waals surface area contributed by atoms with Crippen molar-refractivity contribution in [3.63, 3.8) is 0 Å². The number of fused-ring (bicyclic) bond motifs is 2. The van der Waals surface area contributed by atoms with Gasteiger partial charge in [0.15, 0.2) is 16.6 Å². The van der Waals surface area contributed by atoms with Gasteiger partial charge in [-0.05, 0) is 66.3 Å². The van der Waals surface area contributed by atoms with Gasteiger partial charge in [-0.3, -0.25) is 4.79 Å². The van der Waals surface area contributed by atoms with Crippen LogP contribution in [0.5, 0.6) is 11.5 Å². The Balaban J connectivity index is 1.57. The molecule has 7 nitrogen and oxygen atoms in total. The van der Waals surface area contributed by atoms with Gasteiger partial charge in [-0.1, -0.05) is 18.2 Å². The highest BCUT2D eigenvalue weighted by molar-refractivity contribution is 7.80. The number of benzene rings is 2. The smallest absolute Gasteiger partial charge is 0.253 e. The highest BCUT2D eigenvalue weighted by Gasteiger charge is 2.17. The molecule has 1 aliphatic heterocycles. The lowest BCUT2D eigenvalue weighted by Crippen LogP contribution is -2.40. The predicted molar refractivity (Wildman–Crippen MR) is 128 cm³/mol. The highest BCUT2D eigenvalue weighted by Crippen LogP contribution is 2.33. The van der Waals surface area contributed by atoms with Crippen LogP contribution in [-0.4, -0.2) is 42.1 Å². The number of rotatable bonds is 8. The predicted octanol–water partition coefficient (Wildman–Crippen LogP) is 3.48. The number of ether oxygens (including phenoxy) is 3. The van der Waals surface area contributed by atoms with E-state index >= 15 is 0 Å². The molecule has 2 aromatic carbocycles. The van der Waals surface area contributed by atoms with Gasteiger partial charge < -0.3 is 29.4 Å². The van der Waals surface area contributed by atoms with E-state index in [-0.39, 0.29) is 12.4 Å². The summed E-state index contributed by atoms with van der Waals surface area (Å²) in [4.78, 5) is 17.8. The monoisotopic (exact) mass is 453 g/mol. The Kier molecular flexibility index (Phi) is 6.92. The minimum absolute atomic E-state index is 0.110. The van der Waals surface area contributed by atoms with Crippen molar-refractivity contribution in [3.05, 3.63) is 69.5 Å². The van der Waals surface area contributed by atoms with Crippen molar-refractivity contribution in [3.8, 4) is 11.5 Å². The van der Waals surface area contributed by atoms with Gasteiger partial charge in [0.25, 0.3) is 5.56 Å². The summed E-state index contributed by atoms with van der Waals surface area (Å²) in [5, 5.41) is 4.86. The number of aryl methyl sites for hydroxylation is 1. The second kappa shape index (κ2) is 10.0. The first kappa shape index (κ1) is 22.1. The number of methoxy groups -OCH3 is 1. The van der Waals surface area contributed by atoms with Crippen LogP contribution in [-0.2, 0) is 17.8 Å². The van der Waals surface area contributed by atoms with Gasteiger partial charge in [-0.25, -0.2) is 0 Å². The van der Waals surface area contributed by atoms with Gasteiger partial charge in [0.2, 0.25) is 6.79 Å². The third kappa shape index (κ3) is 5.20. The number of nitrogens with one attached hydrogen (secondary N) is 2. The van der Waals surface area contributed by atoms with Crippen LogP contribution < -0.4 is 20.3 Å². The van der Waals surface area contributed by atoms with E-state index in [1.807, 2.05) is 54.3 Å². The molecule has 2 N–H and O–H groups in total. The van der Waals surface area contributed by atoms with Crippen LogP contribution in [0.15, 0.2) is 47.3 Å². The summed E-state index contributed by atoms with van der Waals surface area (Å²) in [5.74, 6) is 1.46. The zero-order valence-electron chi connectivity index (χ0n) is 18.3. The lowest BCUT2D eigenvalue weighted by Gasteiger charge is -2.26. The fourth-order valence-electron chi connectivity index (χ4n) is 3.67. The Morgan fingerprint density at radius 2 is 2.00 bits per heavy atom. The van der Waals surface area contributed by atoms with Crippen LogP contribution in [0, 0.1) is 6.92 Å². The molecule has 168 valence electrons. The number of hydrogen-bond acceptors (Lipinski definition) is 5. The van der Waals surface area contributed by atoms with E-state index in [4.69, 9.17) is 26.4 Å². The van der Waals surface area contributed by atoms with Crippen LogP contribution in [0.4, 0.5) is 0 Å². The summed E-state index contributed by atoms with van der Waals surface area (Å²) < 4.78 is 16.0. The molecule has 0 bridgehead atoms. The zero-order chi connectivity index (χ0) is 22.5. The number of nitrogens with zero attached hydrogens (tertiary/aromatic N) is 1. The minimum atomic E-state index is -0.110. The molecule has 2 heterocycles. The molecule has 0 spiro atoms. The molecule has 32 heavy (non-hydrogen) atoms. The highest BCUT2D eigenvalue weighted by atomic mass is 32.1. The van der Waals surface area contributed by atoms with Gasteiger partial charge in [0.1, 0.15) is 0 Å². The number of hydrogen-bond donors (Lipinski definition) is 2. The summed E-state index contributed by atoms with van der Waals surface area (Å²) in [6.07, 6.45) is 0.838. The summed E-state index contributed by atoms with van der Waals surface area (Å²) in [6.45, 7) is 4.49. The zero-order valence-corrected chi connectivity index (χ0v) is 19.1. The van der Waals surface area contributed by atoms with Crippen LogP contribution in [0.25, 0.3) is 10.9 Å². The summed E-state index contributed by atoms with van der Waals surface area (Å²) >= 11 is 5.68.